The molecule has 4 heteroatoms. The monoisotopic (exact) mass is 253 g/mol. The maximum atomic E-state index is 9.66. The Labute approximate surface area is 109 Å². The fraction of sp³-hybridized carbons (Fsp3) is 0.571. The molecule has 0 fully saturated rings. The molecule has 0 amide bonds. The van der Waals surface area contributed by atoms with Crippen LogP contribution in [0.2, 0.25) is 0 Å². The van der Waals surface area contributed by atoms with E-state index in [1.165, 1.54) is 0 Å². The van der Waals surface area contributed by atoms with Crippen LogP contribution in [0.15, 0.2) is 24.3 Å². The second-order valence-electron chi connectivity index (χ2n) is 4.88. The van der Waals surface area contributed by atoms with E-state index in [-0.39, 0.29) is 5.75 Å². The largest absolute Gasteiger partial charge is 0.508 e. The van der Waals surface area contributed by atoms with Crippen LogP contribution in [0.25, 0.3) is 0 Å². The van der Waals surface area contributed by atoms with Crippen LogP contribution in [0.4, 0.5) is 0 Å². The van der Waals surface area contributed by atoms with Crippen LogP contribution in [0.1, 0.15) is 19.4 Å². The highest BCUT2D eigenvalue weighted by Gasteiger charge is 2.04. The first-order valence-electron chi connectivity index (χ1n) is 6.32. The van der Waals surface area contributed by atoms with E-state index < -0.39 is 6.10 Å². The van der Waals surface area contributed by atoms with Gasteiger partial charge in [-0.3, -0.25) is 0 Å². The van der Waals surface area contributed by atoms with E-state index in [9.17, 15) is 5.11 Å². The first-order chi connectivity index (χ1) is 8.58. The van der Waals surface area contributed by atoms with Crippen molar-refractivity contribution in [3.8, 4) is 5.75 Å². The van der Waals surface area contributed by atoms with Gasteiger partial charge >= 0.3 is 0 Å². The third-order valence-electron chi connectivity index (χ3n) is 2.41. The molecule has 0 saturated heterocycles. The van der Waals surface area contributed by atoms with Crippen LogP contribution in [0, 0.1) is 5.92 Å². The molecule has 0 bridgehead atoms. The molecule has 0 spiro atoms. The van der Waals surface area contributed by atoms with Gasteiger partial charge in [0.25, 0.3) is 0 Å². The summed E-state index contributed by atoms with van der Waals surface area (Å²) in [5, 5.41) is 21.9. The Hall–Kier alpha value is -1.10. The minimum atomic E-state index is -0.485. The molecule has 1 rings (SSSR count). The number of ether oxygens (including phenoxy) is 1. The molecule has 102 valence electrons. The average molecular weight is 253 g/mol. The number of aliphatic hydroxyl groups excluding tert-OH is 1. The smallest absolute Gasteiger partial charge is 0.115 e. The van der Waals surface area contributed by atoms with Crippen LogP contribution in [0.5, 0.6) is 5.75 Å². The second kappa shape index (κ2) is 8.08. The molecule has 18 heavy (non-hydrogen) atoms. The van der Waals surface area contributed by atoms with Gasteiger partial charge in [0, 0.05) is 19.7 Å². The Balaban J connectivity index is 2.11. The van der Waals surface area contributed by atoms with E-state index in [1.54, 1.807) is 12.1 Å². The summed E-state index contributed by atoms with van der Waals surface area (Å²) in [5.41, 5.74) is 1.07. The quantitative estimate of drug-likeness (QED) is 0.657. The molecular weight excluding hydrogens is 230 g/mol. The van der Waals surface area contributed by atoms with Crippen LogP contribution < -0.4 is 5.32 Å². The molecule has 1 aromatic carbocycles. The minimum absolute atomic E-state index is 0.265. The van der Waals surface area contributed by atoms with E-state index in [1.807, 2.05) is 12.1 Å². The van der Waals surface area contributed by atoms with Crippen molar-refractivity contribution in [1.29, 1.82) is 0 Å². The molecular formula is C14H23NO3. The Bertz CT molecular complexity index is 324. The summed E-state index contributed by atoms with van der Waals surface area (Å²) in [4.78, 5) is 0. The maximum Gasteiger partial charge on any atom is 0.115 e. The standard InChI is InChI=1S/C14H23NO3/c1-11(2)9-18-10-14(17)8-15-7-12-3-5-13(16)6-4-12/h3-6,11,14-17H,7-10H2,1-2H3. The van der Waals surface area contributed by atoms with Crippen molar-refractivity contribution < 1.29 is 14.9 Å². The van der Waals surface area contributed by atoms with Crippen LogP contribution in [-0.2, 0) is 11.3 Å². The number of phenolic OH excluding ortho intramolecular Hbond substituents is 1. The van der Waals surface area contributed by atoms with E-state index in [0.717, 1.165) is 5.56 Å². The lowest BCUT2D eigenvalue weighted by molar-refractivity contribution is 0.0260. The van der Waals surface area contributed by atoms with Gasteiger partial charge in [0.2, 0.25) is 0 Å². The number of hydrogen-bond donors (Lipinski definition) is 3. The van der Waals surface area contributed by atoms with Gasteiger partial charge in [0.05, 0.1) is 12.7 Å². The highest BCUT2D eigenvalue weighted by atomic mass is 16.5. The van der Waals surface area contributed by atoms with Crippen molar-refractivity contribution in [3.05, 3.63) is 29.8 Å². The summed E-state index contributed by atoms with van der Waals surface area (Å²) < 4.78 is 5.35. The van der Waals surface area contributed by atoms with Gasteiger partial charge in [-0.1, -0.05) is 26.0 Å². The summed E-state index contributed by atoms with van der Waals surface area (Å²) in [7, 11) is 0. The summed E-state index contributed by atoms with van der Waals surface area (Å²) in [6.45, 7) is 6.36. The average Bonchev–Trinajstić information content (AvgIpc) is 2.31. The van der Waals surface area contributed by atoms with E-state index >= 15 is 0 Å². The lowest BCUT2D eigenvalue weighted by Gasteiger charge is -2.13. The lowest BCUT2D eigenvalue weighted by Crippen LogP contribution is -2.30. The van der Waals surface area contributed by atoms with Crippen LogP contribution >= 0.6 is 0 Å². The molecule has 4 nitrogen and oxygen atoms in total. The van der Waals surface area contributed by atoms with Crippen molar-refractivity contribution in [1.82, 2.24) is 5.32 Å². The maximum absolute atomic E-state index is 9.66. The third-order valence-corrected chi connectivity index (χ3v) is 2.41. The Kier molecular flexibility index (Phi) is 6.72. The summed E-state index contributed by atoms with van der Waals surface area (Å²) in [6.07, 6.45) is -0.485. The predicted molar refractivity (Wildman–Crippen MR) is 71.5 cm³/mol. The Morgan fingerprint density at radius 1 is 1.17 bits per heavy atom. The number of phenols is 1. The summed E-state index contributed by atoms with van der Waals surface area (Å²) in [6, 6.07) is 7.01. The van der Waals surface area contributed by atoms with Gasteiger partial charge in [0.15, 0.2) is 0 Å². The Morgan fingerprint density at radius 3 is 2.44 bits per heavy atom. The van der Waals surface area contributed by atoms with Crippen LogP contribution in [0.3, 0.4) is 0 Å². The number of aliphatic hydroxyl groups is 1. The fourth-order valence-electron chi connectivity index (χ4n) is 1.50. The molecule has 1 unspecified atom stereocenters. The molecule has 1 aromatic rings. The highest BCUT2D eigenvalue weighted by Crippen LogP contribution is 2.09. The van der Waals surface area contributed by atoms with Gasteiger partial charge in [-0.2, -0.15) is 0 Å². The minimum Gasteiger partial charge on any atom is -0.508 e. The van der Waals surface area contributed by atoms with Gasteiger partial charge in [-0.05, 0) is 23.6 Å². The SMILES string of the molecule is CC(C)COCC(O)CNCc1ccc(O)cc1. The molecule has 0 aliphatic heterocycles. The van der Waals surface area contributed by atoms with Gasteiger partial charge in [0.1, 0.15) is 5.75 Å². The zero-order chi connectivity index (χ0) is 13.4. The molecule has 0 radical (unpaired) electrons. The lowest BCUT2D eigenvalue weighted by atomic mass is 10.2. The molecule has 0 saturated carbocycles. The van der Waals surface area contributed by atoms with Crippen molar-refractivity contribution in [2.75, 3.05) is 19.8 Å². The van der Waals surface area contributed by atoms with Gasteiger partial charge in [-0.15, -0.1) is 0 Å². The van der Waals surface area contributed by atoms with E-state index in [2.05, 4.69) is 19.2 Å². The zero-order valence-corrected chi connectivity index (χ0v) is 11.1. The highest BCUT2D eigenvalue weighted by molar-refractivity contribution is 5.25. The fourth-order valence-corrected chi connectivity index (χ4v) is 1.50. The van der Waals surface area contributed by atoms with Crippen molar-refractivity contribution in [3.63, 3.8) is 0 Å². The van der Waals surface area contributed by atoms with Crippen molar-refractivity contribution in [2.45, 2.75) is 26.5 Å². The molecule has 3 N–H and O–H groups in total. The van der Waals surface area contributed by atoms with Crippen molar-refractivity contribution in [2.24, 2.45) is 5.92 Å². The normalized spacial score (nSPS) is 12.9. The van der Waals surface area contributed by atoms with E-state index in [4.69, 9.17) is 9.84 Å². The number of hydrogen-bond acceptors (Lipinski definition) is 4. The first kappa shape index (κ1) is 15.0. The number of aromatic hydroxyl groups is 1. The van der Waals surface area contributed by atoms with Gasteiger partial charge in [-0.25, -0.2) is 0 Å². The second-order valence-corrected chi connectivity index (χ2v) is 4.88. The third kappa shape index (κ3) is 6.59. The first-order valence-corrected chi connectivity index (χ1v) is 6.32. The summed E-state index contributed by atoms with van der Waals surface area (Å²) >= 11 is 0. The molecule has 0 aliphatic rings. The topological polar surface area (TPSA) is 61.7 Å². The van der Waals surface area contributed by atoms with Gasteiger partial charge < -0.3 is 20.3 Å². The van der Waals surface area contributed by atoms with E-state index in [0.29, 0.717) is 32.2 Å². The number of nitrogens with one attached hydrogen (secondary N) is 1. The van der Waals surface area contributed by atoms with Crippen molar-refractivity contribution >= 4 is 0 Å². The number of rotatable bonds is 8. The molecule has 1 atom stereocenters. The molecule has 0 aliphatic carbocycles. The Morgan fingerprint density at radius 2 is 1.83 bits per heavy atom. The zero-order valence-electron chi connectivity index (χ0n) is 11.1. The molecule has 0 heterocycles. The molecule has 0 aromatic heterocycles. The summed E-state index contributed by atoms with van der Waals surface area (Å²) in [5.74, 6) is 0.753. The number of benzene rings is 1. The van der Waals surface area contributed by atoms with Crippen LogP contribution in [-0.4, -0.2) is 36.1 Å². The predicted octanol–water partition coefficient (Wildman–Crippen LogP) is 1.52.